The average molecular weight is 525 g/mol. The number of aromatic nitrogens is 2. The Labute approximate surface area is 226 Å². The van der Waals surface area contributed by atoms with Crippen LogP contribution in [0.3, 0.4) is 0 Å². The maximum atomic E-state index is 13.9. The number of aromatic amines is 1. The lowest BCUT2D eigenvalue weighted by Gasteiger charge is -2.38. The third kappa shape index (κ3) is 5.02. The molecule has 1 atom stereocenters. The number of rotatable bonds is 3. The highest BCUT2D eigenvalue weighted by Crippen LogP contribution is 2.35. The molecule has 1 saturated heterocycles. The fourth-order valence-corrected chi connectivity index (χ4v) is 5.51. The summed E-state index contributed by atoms with van der Waals surface area (Å²) in [4.78, 5) is 37.2. The van der Waals surface area contributed by atoms with Crippen LogP contribution in [0.5, 0.6) is 5.75 Å². The molecule has 0 aliphatic carbocycles. The second kappa shape index (κ2) is 10.4. The van der Waals surface area contributed by atoms with Crippen molar-refractivity contribution < 1.29 is 18.7 Å². The van der Waals surface area contributed by atoms with Crippen LogP contribution in [0.25, 0.3) is 22.5 Å². The van der Waals surface area contributed by atoms with E-state index in [0.29, 0.717) is 32.7 Å². The van der Waals surface area contributed by atoms with Gasteiger partial charge in [0.1, 0.15) is 29.8 Å². The summed E-state index contributed by atoms with van der Waals surface area (Å²) in [5, 5.41) is 0. The molecule has 0 saturated carbocycles. The number of piperidine rings is 1. The molecular formula is C31H29FN4O3. The van der Waals surface area contributed by atoms with Gasteiger partial charge in [0.2, 0.25) is 0 Å². The molecular weight excluding hydrogens is 495 g/mol. The van der Waals surface area contributed by atoms with Crippen molar-refractivity contribution >= 4 is 11.8 Å². The van der Waals surface area contributed by atoms with E-state index in [0.717, 1.165) is 45.0 Å². The third-order valence-electron chi connectivity index (χ3n) is 7.51. The Kier molecular flexibility index (Phi) is 6.60. The Bertz CT molecular complexity index is 1500. The monoisotopic (exact) mass is 524 g/mol. The first-order chi connectivity index (χ1) is 19.0. The Hall–Kier alpha value is -4.46. The van der Waals surface area contributed by atoms with Crippen molar-refractivity contribution in [3.8, 4) is 28.3 Å². The van der Waals surface area contributed by atoms with Crippen molar-refractivity contribution in [3.63, 3.8) is 0 Å². The largest absolute Gasteiger partial charge is 0.491 e. The number of imidazole rings is 1. The number of nitrogens with zero attached hydrogens (tertiary/aromatic N) is 3. The van der Waals surface area contributed by atoms with Gasteiger partial charge in [-0.1, -0.05) is 36.4 Å². The van der Waals surface area contributed by atoms with Crippen molar-refractivity contribution in [1.82, 2.24) is 19.8 Å². The summed E-state index contributed by atoms with van der Waals surface area (Å²) >= 11 is 0. The Balaban J connectivity index is 1.27. The second-order valence-electron chi connectivity index (χ2n) is 10.1. The molecule has 198 valence electrons. The number of carbonyl (C=O) groups is 2. The number of Topliss-reactive ketones (excluding diaryl/α,β-unsaturated/α-hetero) is 1. The fourth-order valence-electron chi connectivity index (χ4n) is 5.51. The van der Waals surface area contributed by atoms with Gasteiger partial charge in [-0.3, -0.25) is 4.79 Å². The van der Waals surface area contributed by atoms with Crippen LogP contribution in [0.2, 0.25) is 0 Å². The van der Waals surface area contributed by atoms with Gasteiger partial charge in [0.15, 0.2) is 0 Å². The molecule has 0 radical (unpaired) electrons. The van der Waals surface area contributed by atoms with E-state index in [1.54, 1.807) is 34.3 Å². The minimum atomic E-state index is -0.413. The molecule has 0 bridgehead atoms. The van der Waals surface area contributed by atoms with Gasteiger partial charge < -0.3 is 19.5 Å². The summed E-state index contributed by atoms with van der Waals surface area (Å²) in [6.45, 7) is 3.57. The summed E-state index contributed by atoms with van der Waals surface area (Å²) in [6.07, 6.45) is 4.09. The highest BCUT2D eigenvalue weighted by Gasteiger charge is 2.35. The minimum Gasteiger partial charge on any atom is -0.491 e. The molecule has 39 heavy (non-hydrogen) atoms. The summed E-state index contributed by atoms with van der Waals surface area (Å²) in [5.41, 5.74) is 5.83. The van der Waals surface area contributed by atoms with E-state index in [1.165, 1.54) is 12.1 Å². The predicted octanol–water partition coefficient (Wildman–Crippen LogP) is 5.91. The number of carbonyl (C=O) groups excluding carboxylic acids is 2. The van der Waals surface area contributed by atoms with Crippen molar-refractivity contribution in [2.75, 3.05) is 19.7 Å². The molecule has 2 amide bonds. The lowest BCUT2D eigenvalue weighted by atomic mass is 9.94. The number of halogens is 1. The van der Waals surface area contributed by atoms with Gasteiger partial charge in [-0.25, -0.2) is 14.2 Å². The van der Waals surface area contributed by atoms with Gasteiger partial charge in [0.05, 0.1) is 19.1 Å². The minimum absolute atomic E-state index is 0.108. The van der Waals surface area contributed by atoms with Gasteiger partial charge in [-0.05, 0) is 53.4 Å². The molecule has 8 heteroatoms. The van der Waals surface area contributed by atoms with Gasteiger partial charge in [0, 0.05) is 42.9 Å². The number of likely N-dealkylation sites (tertiary alicyclic amines) is 1. The van der Waals surface area contributed by atoms with Crippen LogP contribution in [0.1, 0.15) is 35.6 Å². The quantitative estimate of drug-likeness (QED) is 0.361. The maximum absolute atomic E-state index is 13.9. The number of amides is 2. The summed E-state index contributed by atoms with van der Waals surface area (Å²) in [6, 6.07) is 17.9. The number of aryl methyl sites for hydroxylation is 1. The summed E-state index contributed by atoms with van der Waals surface area (Å²) in [5.74, 6) is 1.39. The molecule has 4 aromatic rings. The first-order valence-electron chi connectivity index (χ1n) is 13.2. The lowest BCUT2D eigenvalue weighted by Crippen LogP contribution is -2.48. The van der Waals surface area contributed by atoms with E-state index < -0.39 is 6.04 Å². The Morgan fingerprint density at radius 3 is 2.54 bits per heavy atom. The molecule has 2 aliphatic heterocycles. The topological polar surface area (TPSA) is 78.5 Å². The fraction of sp³-hybridized carbons (Fsp3) is 0.258. The van der Waals surface area contributed by atoms with Crippen molar-refractivity contribution in [3.05, 3.63) is 95.6 Å². The van der Waals surface area contributed by atoms with E-state index >= 15 is 0 Å². The number of nitrogens with one attached hydrogen (secondary N) is 1. The van der Waals surface area contributed by atoms with E-state index in [1.807, 2.05) is 19.1 Å². The molecule has 1 aromatic heterocycles. The average Bonchev–Trinajstić information content (AvgIpc) is 3.40. The third-order valence-corrected chi connectivity index (χ3v) is 7.51. The first-order valence-corrected chi connectivity index (χ1v) is 13.2. The normalized spacial score (nSPS) is 17.4. The lowest BCUT2D eigenvalue weighted by molar-refractivity contribution is -0.122. The molecule has 1 N–H and O–H groups in total. The van der Waals surface area contributed by atoms with Crippen LogP contribution in [-0.2, 0) is 11.3 Å². The molecule has 0 spiro atoms. The van der Waals surface area contributed by atoms with E-state index in [4.69, 9.17) is 4.74 Å². The van der Waals surface area contributed by atoms with Crippen molar-refractivity contribution in [2.24, 2.45) is 0 Å². The van der Waals surface area contributed by atoms with Crippen LogP contribution in [0.4, 0.5) is 9.18 Å². The molecule has 2 aliphatic rings. The zero-order chi connectivity index (χ0) is 26.9. The first kappa shape index (κ1) is 24.9. The highest BCUT2D eigenvalue weighted by molar-refractivity contribution is 5.84. The van der Waals surface area contributed by atoms with Crippen LogP contribution in [0.15, 0.2) is 73.1 Å². The molecule has 1 fully saturated rings. The number of urea groups is 1. The van der Waals surface area contributed by atoms with Gasteiger partial charge >= 0.3 is 6.03 Å². The zero-order valence-electron chi connectivity index (χ0n) is 21.7. The number of ether oxygens (including phenoxy) is 1. The molecule has 1 unspecified atom stereocenters. The summed E-state index contributed by atoms with van der Waals surface area (Å²) in [7, 11) is 0. The molecule has 3 aromatic carbocycles. The van der Waals surface area contributed by atoms with Crippen LogP contribution in [0, 0.1) is 12.7 Å². The number of hydrogen-bond donors (Lipinski definition) is 1. The molecule has 3 heterocycles. The van der Waals surface area contributed by atoms with E-state index in [-0.39, 0.29) is 24.1 Å². The van der Waals surface area contributed by atoms with Crippen LogP contribution >= 0.6 is 0 Å². The van der Waals surface area contributed by atoms with Gasteiger partial charge in [0.25, 0.3) is 0 Å². The number of H-pyrrole nitrogens is 1. The number of hydrogen-bond acceptors (Lipinski definition) is 4. The van der Waals surface area contributed by atoms with Crippen LogP contribution < -0.4 is 4.74 Å². The van der Waals surface area contributed by atoms with Gasteiger partial charge in [-0.15, -0.1) is 0 Å². The number of fused-ring (bicyclic) bond motifs is 1. The van der Waals surface area contributed by atoms with Gasteiger partial charge in [-0.2, -0.15) is 0 Å². The van der Waals surface area contributed by atoms with Crippen molar-refractivity contribution in [1.29, 1.82) is 0 Å². The Morgan fingerprint density at radius 1 is 1.03 bits per heavy atom. The SMILES string of the molecule is Cc1cc(-c2ccc(-c3ncc[nH]3)cc2)cc2c1OCCN(C(=O)N1CCC(=O)CC1c1ccc(F)cc1)C2. The molecule has 7 nitrogen and oxygen atoms in total. The van der Waals surface area contributed by atoms with E-state index in [2.05, 4.69) is 34.2 Å². The standard InChI is InChI=1S/C31H29FN4O3/c1-20-16-24(21-2-4-23(5-3-21)30-33-11-12-34-30)17-25-19-35(14-15-39-29(20)25)31(38)36-13-10-27(37)18-28(36)22-6-8-26(32)9-7-22/h2-9,11-12,16-17,28H,10,13-15,18-19H2,1H3,(H,33,34). The zero-order valence-corrected chi connectivity index (χ0v) is 21.7. The number of benzene rings is 3. The van der Waals surface area contributed by atoms with Crippen LogP contribution in [-0.4, -0.2) is 51.3 Å². The maximum Gasteiger partial charge on any atom is 0.320 e. The second-order valence-corrected chi connectivity index (χ2v) is 10.1. The smallest absolute Gasteiger partial charge is 0.320 e. The predicted molar refractivity (Wildman–Crippen MR) is 146 cm³/mol. The van der Waals surface area contributed by atoms with Crippen molar-refractivity contribution in [2.45, 2.75) is 32.4 Å². The Morgan fingerprint density at radius 2 is 1.79 bits per heavy atom. The van der Waals surface area contributed by atoms with E-state index in [9.17, 15) is 14.0 Å². The highest BCUT2D eigenvalue weighted by atomic mass is 19.1. The molecule has 6 rings (SSSR count). The number of ketones is 1. The summed E-state index contributed by atoms with van der Waals surface area (Å²) < 4.78 is 19.7.